The minimum atomic E-state index is -2.94. The molecule has 0 aliphatic carbocycles. The molecule has 0 atom stereocenters. The summed E-state index contributed by atoms with van der Waals surface area (Å²) in [6.45, 7) is 1.84. The standard InChI is InChI=1S/C22H21F2N3O5S/c1-11-17(13(3)28)12(2)26-18(11)19(29)25-8-9-27-20(30)16(33-22(27)31)10-14-4-6-15(7-5-14)32-21(23)24/h4-7,10,21,26H,8-9H2,1-3H3,(H,25,29)/b16-10-. The van der Waals surface area contributed by atoms with Crippen LogP contribution in [0.15, 0.2) is 29.2 Å². The van der Waals surface area contributed by atoms with Gasteiger partial charge in [-0.1, -0.05) is 12.1 Å². The van der Waals surface area contributed by atoms with E-state index in [2.05, 4.69) is 15.0 Å². The molecule has 1 aromatic heterocycles. The van der Waals surface area contributed by atoms with Gasteiger partial charge in [-0.2, -0.15) is 8.78 Å². The van der Waals surface area contributed by atoms with Crippen LogP contribution < -0.4 is 10.1 Å². The average Bonchev–Trinajstić information content (AvgIpc) is 3.18. The molecule has 0 radical (unpaired) electrons. The average molecular weight is 477 g/mol. The maximum absolute atomic E-state index is 12.6. The number of amides is 3. The number of nitrogens with zero attached hydrogens (tertiary/aromatic N) is 1. The van der Waals surface area contributed by atoms with Crippen molar-refractivity contribution in [1.82, 2.24) is 15.2 Å². The summed E-state index contributed by atoms with van der Waals surface area (Å²) in [5.41, 5.74) is 2.39. The summed E-state index contributed by atoms with van der Waals surface area (Å²) < 4.78 is 28.8. The van der Waals surface area contributed by atoms with E-state index in [1.54, 1.807) is 13.8 Å². The number of Topliss-reactive ketones (excluding diaryl/α,β-unsaturated/α-hetero) is 1. The SMILES string of the molecule is CC(=O)c1c(C)[nH]c(C(=O)NCCN2C(=O)S/C(=C\c3ccc(OC(F)F)cc3)C2=O)c1C. The van der Waals surface area contributed by atoms with Gasteiger partial charge in [0.05, 0.1) is 4.91 Å². The Morgan fingerprint density at radius 2 is 1.88 bits per heavy atom. The van der Waals surface area contributed by atoms with Crippen LogP contribution in [0, 0.1) is 13.8 Å². The van der Waals surface area contributed by atoms with Crippen molar-refractivity contribution in [1.29, 1.82) is 0 Å². The molecule has 1 aromatic carbocycles. The molecule has 0 saturated carbocycles. The van der Waals surface area contributed by atoms with E-state index in [-0.39, 0.29) is 35.2 Å². The molecular weight excluding hydrogens is 456 g/mol. The molecule has 8 nitrogen and oxygen atoms in total. The highest BCUT2D eigenvalue weighted by atomic mass is 32.2. The fourth-order valence-electron chi connectivity index (χ4n) is 3.46. The van der Waals surface area contributed by atoms with E-state index < -0.39 is 23.7 Å². The summed E-state index contributed by atoms with van der Waals surface area (Å²) in [7, 11) is 0. The molecule has 0 bridgehead atoms. The number of ketones is 1. The number of aryl methyl sites for hydroxylation is 1. The van der Waals surface area contributed by atoms with Gasteiger partial charge in [-0.15, -0.1) is 0 Å². The Labute approximate surface area is 192 Å². The molecular formula is C22H21F2N3O5S. The molecule has 2 aromatic rings. The van der Waals surface area contributed by atoms with Crippen molar-refractivity contribution < 1.29 is 32.7 Å². The van der Waals surface area contributed by atoms with Crippen LogP contribution in [0.1, 0.15) is 44.6 Å². The van der Waals surface area contributed by atoms with Gasteiger partial charge < -0.3 is 15.0 Å². The summed E-state index contributed by atoms with van der Waals surface area (Å²) in [4.78, 5) is 53.1. The monoisotopic (exact) mass is 477 g/mol. The van der Waals surface area contributed by atoms with Gasteiger partial charge in [0.15, 0.2) is 5.78 Å². The molecule has 3 rings (SSSR count). The number of alkyl halides is 2. The number of halogens is 2. The zero-order chi connectivity index (χ0) is 24.3. The number of ether oxygens (including phenoxy) is 1. The molecule has 1 aliphatic rings. The molecule has 11 heteroatoms. The van der Waals surface area contributed by atoms with E-state index in [4.69, 9.17) is 0 Å². The fraction of sp³-hybridized carbons (Fsp3) is 0.273. The first-order chi connectivity index (χ1) is 15.6. The minimum Gasteiger partial charge on any atom is -0.435 e. The van der Waals surface area contributed by atoms with Gasteiger partial charge in [0.1, 0.15) is 11.4 Å². The lowest BCUT2D eigenvalue weighted by Crippen LogP contribution is -2.37. The third-order valence-corrected chi connectivity index (χ3v) is 5.82. The molecule has 0 spiro atoms. The fourth-order valence-corrected chi connectivity index (χ4v) is 4.33. The maximum atomic E-state index is 12.6. The van der Waals surface area contributed by atoms with Crippen LogP contribution in [-0.4, -0.2) is 52.4 Å². The Bertz CT molecular complexity index is 1140. The zero-order valence-corrected chi connectivity index (χ0v) is 18.8. The van der Waals surface area contributed by atoms with E-state index in [1.165, 1.54) is 37.3 Å². The van der Waals surface area contributed by atoms with Crippen molar-refractivity contribution in [2.24, 2.45) is 0 Å². The highest BCUT2D eigenvalue weighted by Crippen LogP contribution is 2.32. The van der Waals surface area contributed by atoms with Crippen LogP contribution in [0.2, 0.25) is 0 Å². The van der Waals surface area contributed by atoms with E-state index in [0.29, 0.717) is 22.4 Å². The van der Waals surface area contributed by atoms with Gasteiger partial charge in [-0.05, 0) is 61.9 Å². The first kappa shape index (κ1) is 24.2. The summed E-state index contributed by atoms with van der Waals surface area (Å²) >= 11 is 0.749. The van der Waals surface area contributed by atoms with Gasteiger partial charge in [-0.3, -0.25) is 24.1 Å². The van der Waals surface area contributed by atoms with E-state index in [9.17, 15) is 28.0 Å². The molecule has 1 fully saturated rings. The van der Waals surface area contributed by atoms with Crippen LogP contribution in [0.3, 0.4) is 0 Å². The Balaban J connectivity index is 1.60. The van der Waals surface area contributed by atoms with Gasteiger partial charge in [0, 0.05) is 24.3 Å². The van der Waals surface area contributed by atoms with Gasteiger partial charge in [-0.25, -0.2) is 0 Å². The van der Waals surface area contributed by atoms with E-state index in [0.717, 1.165) is 16.7 Å². The highest BCUT2D eigenvalue weighted by molar-refractivity contribution is 8.18. The van der Waals surface area contributed by atoms with Gasteiger partial charge in [0.25, 0.3) is 17.1 Å². The molecule has 2 N–H and O–H groups in total. The van der Waals surface area contributed by atoms with Crippen molar-refractivity contribution in [3.05, 3.63) is 57.2 Å². The molecule has 33 heavy (non-hydrogen) atoms. The molecule has 2 heterocycles. The zero-order valence-electron chi connectivity index (χ0n) is 18.0. The molecule has 3 amide bonds. The van der Waals surface area contributed by atoms with Gasteiger partial charge in [0.2, 0.25) is 0 Å². The smallest absolute Gasteiger partial charge is 0.387 e. The number of carbonyl (C=O) groups is 4. The number of aromatic amines is 1. The number of aromatic nitrogens is 1. The largest absolute Gasteiger partial charge is 0.435 e. The van der Waals surface area contributed by atoms with Crippen molar-refractivity contribution in [3.63, 3.8) is 0 Å². The normalized spacial score (nSPS) is 15.0. The molecule has 0 unspecified atom stereocenters. The Kier molecular flexibility index (Phi) is 7.32. The summed E-state index contributed by atoms with van der Waals surface area (Å²) in [6, 6.07) is 5.64. The van der Waals surface area contributed by atoms with Crippen LogP contribution in [0.5, 0.6) is 5.75 Å². The number of benzene rings is 1. The quantitative estimate of drug-likeness (QED) is 0.441. The Morgan fingerprint density at radius 1 is 1.21 bits per heavy atom. The minimum absolute atomic E-state index is 0.0195. The summed E-state index contributed by atoms with van der Waals surface area (Å²) in [5.74, 6) is -1.13. The van der Waals surface area contributed by atoms with Crippen molar-refractivity contribution in [2.75, 3.05) is 13.1 Å². The molecule has 1 aliphatic heterocycles. The van der Waals surface area contributed by atoms with Gasteiger partial charge >= 0.3 is 6.61 Å². The number of hydrogen-bond acceptors (Lipinski definition) is 6. The lowest BCUT2D eigenvalue weighted by Gasteiger charge is -2.13. The third-order valence-electron chi connectivity index (χ3n) is 4.91. The predicted octanol–water partition coefficient (Wildman–Crippen LogP) is 3.90. The van der Waals surface area contributed by atoms with Crippen molar-refractivity contribution in [3.8, 4) is 5.75 Å². The van der Waals surface area contributed by atoms with Crippen molar-refractivity contribution in [2.45, 2.75) is 27.4 Å². The second kappa shape index (κ2) is 9.99. The number of thioether (sulfide) groups is 1. The third kappa shape index (κ3) is 5.48. The van der Waals surface area contributed by atoms with E-state index >= 15 is 0 Å². The topological polar surface area (TPSA) is 109 Å². The summed E-state index contributed by atoms with van der Waals surface area (Å²) in [6.07, 6.45) is 1.48. The highest BCUT2D eigenvalue weighted by Gasteiger charge is 2.34. The van der Waals surface area contributed by atoms with Crippen molar-refractivity contribution >= 4 is 40.7 Å². The number of hydrogen-bond donors (Lipinski definition) is 2. The van der Waals surface area contributed by atoms with E-state index in [1.807, 2.05) is 0 Å². The number of carbonyl (C=O) groups excluding carboxylic acids is 4. The van der Waals surface area contributed by atoms with Crippen LogP contribution in [-0.2, 0) is 4.79 Å². The predicted molar refractivity (Wildman–Crippen MR) is 118 cm³/mol. The van der Waals surface area contributed by atoms with Crippen LogP contribution >= 0.6 is 11.8 Å². The second-order valence-corrected chi connectivity index (χ2v) is 8.21. The Morgan fingerprint density at radius 3 is 2.45 bits per heavy atom. The Hall–Kier alpha value is -3.47. The molecule has 1 saturated heterocycles. The van der Waals surface area contributed by atoms with Crippen LogP contribution in [0.25, 0.3) is 6.08 Å². The number of nitrogens with one attached hydrogen (secondary N) is 2. The maximum Gasteiger partial charge on any atom is 0.387 e. The first-order valence-electron chi connectivity index (χ1n) is 9.87. The first-order valence-corrected chi connectivity index (χ1v) is 10.7. The number of H-pyrrole nitrogens is 1. The second-order valence-electron chi connectivity index (χ2n) is 7.22. The molecule has 174 valence electrons. The number of rotatable bonds is 8. The van der Waals surface area contributed by atoms with Crippen LogP contribution in [0.4, 0.5) is 13.6 Å². The lowest BCUT2D eigenvalue weighted by molar-refractivity contribution is -0.122. The lowest BCUT2D eigenvalue weighted by atomic mass is 10.1. The summed E-state index contributed by atoms with van der Waals surface area (Å²) in [5, 5.41) is 2.16. The number of imide groups is 1.